The number of allylic oxidation sites excluding steroid dienone is 4. The average Bonchev–Trinajstić information content (AvgIpc) is 2.73. The summed E-state index contributed by atoms with van der Waals surface area (Å²) < 4.78 is 0. The van der Waals surface area contributed by atoms with Crippen LogP contribution < -0.4 is 0 Å². The Kier molecular flexibility index (Phi) is 6.07. The van der Waals surface area contributed by atoms with E-state index in [1.54, 1.807) is 22.3 Å². The van der Waals surface area contributed by atoms with E-state index in [4.69, 9.17) is 0 Å². The third-order valence-electron chi connectivity index (χ3n) is 12.7. The van der Waals surface area contributed by atoms with Crippen molar-refractivity contribution in [3.8, 4) is 0 Å². The van der Waals surface area contributed by atoms with Crippen molar-refractivity contribution in [2.45, 2.75) is 137 Å². The third-order valence-corrected chi connectivity index (χ3v) is 12.7. The lowest BCUT2D eigenvalue weighted by Crippen LogP contribution is -2.61. The van der Waals surface area contributed by atoms with Crippen molar-refractivity contribution in [2.75, 3.05) is 0 Å². The van der Waals surface area contributed by atoms with Crippen LogP contribution in [0.2, 0.25) is 0 Å². The number of hydrogen-bond donors (Lipinski definition) is 0. The maximum absolute atomic E-state index is 2.60. The van der Waals surface area contributed by atoms with Crippen molar-refractivity contribution >= 4 is 0 Å². The minimum absolute atomic E-state index is 0.148. The van der Waals surface area contributed by atoms with Gasteiger partial charge in [-0.2, -0.15) is 0 Å². The van der Waals surface area contributed by atoms with Crippen LogP contribution >= 0.6 is 0 Å². The van der Waals surface area contributed by atoms with E-state index < -0.39 is 0 Å². The largest absolute Gasteiger partial charge is 0.0676 e. The Balaban J connectivity index is 2.66. The summed E-state index contributed by atoms with van der Waals surface area (Å²) in [6.45, 7) is 45.1. The Morgan fingerprint density at radius 3 is 1.19 bits per heavy atom. The Labute approximate surface area is 203 Å². The molecule has 2 aliphatic rings. The molecule has 0 unspecified atom stereocenters. The molecule has 0 aromatic rings. The molecule has 0 N–H and O–H groups in total. The maximum atomic E-state index is 2.60. The molecule has 0 bridgehead atoms. The molecular formula is C32H58. The fourth-order valence-electron chi connectivity index (χ4n) is 10.5. The third kappa shape index (κ3) is 2.86. The van der Waals surface area contributed by atoms with Gasteiger partial charge in [-0.3, -0.25) is 0 Å². The molecule has 0 heteroatoms. The van der Waals surface area contributed by atoms with E-state index >= 15 is 0 Å². The molecule has 32 heavy (non-hydrogen) atoms. The van der Waals surface area contributed by atoms with E-state index in [1.165, 1.54) is 12.8 Å². The normalized spacial score (nSPS) is 27.9. The smallest absolute Gasteiger partial charge is 0.00209 e. The second-order valence-corrected chi connectivity index (χ2v) is 15.9. The summed E-state index contributed by atoms with van der Waals surface area (Å²) in [5.41, 5.74) is 8.10. The van der Waals surface area contributed by atoms with Crippen LogP contribution in [-0.4, -0.2) is 0 Å². The van der Waals surface area contributed by atoms with Gasteiger partial charge >= 0.3 is 0 Å². The molecule has 0 aromatic carbocycles. The highest BCUT2D eigenvalue weighted by Crippen LogP contribution is 2.78. The molecule has 2 rings (SSSR count). The summed E-state index contributed by atoms with van der Waals surface area (Å²) in [6.07, 6.45) is 2.45. The van der Waals surface area contributed by atoms with E-state index in [2.05, 4.69) is 125 Å². The molecule has 186 valence electrons. The summed E-state index contributed by atoms with van der Waals surface area (Å²) in [7, 11) is 0. The molecule has 0 saturated heterocycles. The van der Waals surface area contributed by atoms with Crippen LogP contribution in [0.5, 0.6) is 0 Å². The number of hydrogen-bond acceptors (Lipinski definition) is 0. The fraction of sp³-hybridized carbons (Fsp3) is 0.875. The zero-order valence-electron chi connectivity index (χ0n) is 25.4. The van der Waals surface area contributed by atoms with Crippen molar-refractivity contribution in [1.29, 1.82) is 0 Å². The van der Waals surface area contributed by atoms with Gasteiger partial charge in [0.05, 0.1) is 0 Å². The molecular weight excluding hydrogens is 384 g/mol. The first-order chi connectivity index (χ1) is 13.8. The number of rotatable bonds is 4. The zero-order chi connectivity index (χ0) is 25.7. The van der Waals surface area contributed by atoms with Crippen LogP contribution in [0.4, 0.5) is 0 Å². The molecule has 2 aliphatic carbocycles. The zero-order valence-corrected chi connectivity index (χ0v) is 25.4. The lowest BCUT2D eigenvalue weighted by Gasteiger charge is -2.67. The molecule has 0 fully saturated rings. The van der Waals surface area contributed by atoms with Crippen molar-refractivity contribution < 1.29 is 0 Å². The molecule has 0 radical (unpaired) electrons. The summed E-state index contributed by atoms with van der Waals surface area (Å²) in [5, 5.41) is 0. The predicted molar refractivity (Wildman–Crippen MR) is 145 cm³/mol. The summed E-state index contributed by atoms with van der Waals surface area (Å²) >= 11 is 0. The Bertz CT molecular complexity index is 813. The first-order valence-electron chi connectivity index (χ1n) is 13.2. The van der Waals surface area contributed by atoms with E-state index in [1.807, 2.05) is 0 Å². The highest BCUT2D eigenvalue weighted by atomic mass is 14.7. The van der Waals surface area contributed by atoms with Crippen LogP contribution in [-0.2, 0) is 0 Å². The van der Waals surface area contributed by atoms with Gasteiger partial charge in [0, 0.05) is 0 Å². The second kappa shape index (κ2) is 7.01. The van der Waals surface area contributed by atoms with Crippen LogP contribution in [0, 0.1) is 43.3 Å². The monoisotopic (exact) mass is 442 g/mol. The van der Waals surface area contributed by atoms with E-state index in [9.17, 15) is 0 Å². The van der Waals surface area contributed by atoms with Crippen molar-refractivity contribution in [3.05, 3.63) is 22.3 Å². The van der Waals surface area contributed by atoms with E-state index in [0.717, 1.165) is 0 Å². The van der Waals surface area contributed by atoms with Crippen molar-refractivity contribution in [2.24, 2.45) is 43.3 Å². The summed E-state index contributed by atoms with van der Waals surface area (Å²) in [5.74, 6) is 0. The molecule has 0 saturated carbocycles. The Morgan fingerprint density at radius 1 is 0.531 bits per heavy atom. The van der Waals surface area contributed by atoms with Crippen molar-refractivity contribution in [1.82, 2.24) is 0 Å². The van der Waals surface area contributed by atoms with Gasteiger partial charge in [-0.25, -0.2) is 0 Å². The maximum Gasteiger partial charge on any atom is -0.00209 e. The molecule has 0 aliphatic heterocycles. The quantitative estimate of drug-likeness (QED) is 0.380. The van der Waals surface area contributed by atoms with Crippen LogP contribution in [0.25, 0.3) is 0 Å². The molecule has 0 heterocycles. The minimum atomic E-state index is 0.148. The van der Waals surface area contributed by atoms with Crippen molar-refractivity contribution in [3.63, 3.8) is 0 Å². The van der Waals surface area contributed by atoms with Crippen LogP contribution in [0.1, 0.15) is 137 Å². The topological polar surface area (TPSA) is 0 Å². The van der Waals surface area contributed by atoms with Gasteiger partial charge in [0.15, 0.2) is 0 Å². The average molecular weight is 443 g/mol. The van der Waals surface area contributed by atoms with Gasteiger partial charge in [-0.15, -0.1) is 0 Å². The SMILES string of the molecule is CC1=C(CCC(C)(C)C2(C(C)(C)C)C(C)(C)C(C)=C(C)C2(C)C)C(C)(C)C(C)(C)C1(C)C. The molecule has 0 nitrogen and oxygen atoms in total. The van der Waals surface area contributed by atoms with Crippen LogP contribution in [0.3, 0.4) is 0 Å². The first kappa shape index (κ1) is 27.7. The molecule has 0 aromatic heterocycles. The minimum Gasteiger partial charge on any atom is -0.0676 e. The lowest BCUT2D eigenvalue weighted by atomic mass is 9.37. The van der Waals surface area contributed by atoms with E-state index in [-0.39, 0.29) is 43.3 Å². The predicted octanol–water partition coefficient (Wildman–Crippen LogP) is 10.6. The molecule has 0 atom stereocenters. The Morgan fingerprint density at radius 2 is 0.906 bits per heavy atom. The van der Waals surface area contributed by atoms with Gasteiger partial charge in [-0.1, -0.05) is 126 Å². The van der Waals surface area contributed by atoms with Gasteiger partial charge in [-0.05, 0) is 76.9 Å². The van der Waals surface area contributed by atoms with Gasteiger partial charge in [0.2, 0.25) is 0 Å². The van der Waals surface area contributed by atoms with Crippen LogP contribution in [0.15, 0.2) is 22.3 Å². The van der Waals surface area contributed by atoms with Gasteiger partial charge in [0.25, 0.3) is 0 Å². The van der Waals surface area contributed by atoms with Gasteiger partial charge < -0.3 is 0 Å². The first-order valence-corrected chi connectivity index (χ1v) is 13.2. The molecule has 0 spiro atoms. The highest BCUT2D eigenvalue weighted by Gasteiger charge is 2.71. The van der Waals surface area contributed by atoms with E-state index in [0.29, 0.717) is 0 Å². The standard InChI is InChI=1S/C32H58/c1-21-22(2)29(13,14)32(25(4,5)6,28(21,11)12)26(7,8)20-19-24-23(3)27(9,10)31(17,18)30(24,15)16/h19-20H2,1-18H3. The fourth-order valence-corrected chi connectivity index (χ4v) is 10.5. The van der Waals surface area contributed by atoms with Gasteiger partial charge in [0.1, 0.15) is 0 Å². The molecule has 0 amide bonds. The Hall–Kier alpha value is -0.520. The lowest BCUT2D eigenvalue weighted by molar-refractivity contribution is -0.176. The summed E-state index contributed by atoms with van der Waals surface area (Å²) in [4.78, 5) is 0. The summed E-state index contributed by atoms with van der Waals surface area (Å²) in [6, 6.07) is 0. The second-order valence-electron chi connectivity index (χ2n) is 15.9. The highest BCUT2D eigenvalue weighted by molar-refractivity contribution is 5.41.